The van der Waals surface area contributed by atoms with Gasteiger partial charge in [0.15, 0.2) is 0 Å². The van der Waals surface area contributed by atoms with Crippen LogP contribution in [0.3, 0.4) is 0 Å². The van der Waals surface area contributed by atoms with Gasteiger partial charge in [-0.25, -0.2) is 13.1 Å². The summed E-state index contributed by atoms with van der Waals surface area (Å²) in [5.74, 6) is 0.329. The highest BCUT2D eigenvalue weighted by molar-refractivity contribution is 7.89. The molecule has 6 nitrogen and oxygen atoms in total. The Bertz CT molecular complexity index is 594. The molecule has 1 aliphatic carbocycles. The SMILES string of the molecule is CC(=O)NCc1ccc(S(=O)(=O)NCC(N)C2CC2)cc1. The van der Waals surface area contributed by atoms with Crippen LogP contribution in [0.5, 0.6) is 0 Å². The number of carbonyl (C=O) groups is 1. The molecule has 0 saturated heterocycles. The van der Waals surface area contributed by atoms with Crippen LogP contribution in [0, 0.1) is 5.92 Å². The van der Waals surface area contributed by atoms with Crippen LogP contribution in [0.2, 0.25) is 0 Å². The monoisotopic (exact) mass is 311 g/mol. The van der Waals surface area contributed by atoms with Crippen molar-refractivity contribution in [2.24, 2.45) is 11.7 Å². The number of carbonyl (C=O) groups excluding carboxylic acids is 1. The number of benzene rings is 1. The summed E-state index contributed by atoms with van der Waals surface area (Å²) in [4.78, 5) is 11.0. The molecule has 1 fully saturated rings. The predicted molar refractivity (Wildman–Crippen MR) is 79.9 cm³/mol. The Morgan fingerprint density at radius 3 is 2.48 bits per heavy atom. The van der Waals surface area contributed by atoms with Crippen LogP contribution in [0.4, 0.5) is 0 Å². The molecule has 1 aromatic carbocycles. The number of amides is 1. The minimum absolute atomic E-state index is 0.112. The second-order valence-corrected chi connectivity index (χ2v) is 7.17. The molecule has 1 aromatic rings. The van der Waals surface area contributed by atoms with Crippen LogP contribution in [0.15, 0.2) is 29.2 Å². The lowest BCUT2D eigenvalue weighted by Gasteiger charge is -2.12. The Labute approximate surface area is 125 Å². The van der Waals surface area contributed by atoms with Gasteiger partial charge in [-0.2, -0.15) is 0 Å². The third-order valence-corrected chi connectivity index (χ3v) is 4.95. The number of hydrogen-bond acceptors (Lipinski definition) is 4. The lowest BCUT2D eigenvalue weighted by molar-refractivity contribution is -0.119. The highest BCUT2D eigenvalue weighted by Gasteiger charge is 2.29. The zero-order valence-corrected chi connectivity index (χ0v) is 12.8. The minimum Gasteiger partial charge on any atom is -0.352 e. The van der Waals surface area contributed by atoms with Crippen LogP contribution in [0.1, 0.15) is 25.3 Å². The van der Waals surface area contributed by atoms with E-state index in [0.29, 0.717) is 12.5 Å². The molecule has 21 heavy (non-hydrogen) atoms. The number of sulfonamides is 1. The van der Waals surface area contributed by atoms with Crippen LogP contribution in [0.25, 0.3) is 0 Å². The quantitative estimate of drug-likeness (QED) is 0.676. The molecule has 1 aliphatic rings. The summed E-state index contributed by atoms with van der Waals surface area (Å²) in [6, 6.07) is 6.32. The molecule has 0 aliphatic heterocycles. The third-order valence-electron chi connectivity index (χ3n) is 3.51. The van der Waals surface area contributed by atoms with Gasteiger partial charge in [0.25, 0.3) is 0 Å². The first-order valence-corrected chi connectivity index (χ1v) is 8.45. The van der Waals surface area contributed by atoms with Crippen LogP contribution in [-0.2, 0) is 21.4 Å². The van der Waals surface area contributed by atoms with Crippen molar-refractivity contribution in [3.63, 3.8) is 0 Å². The molecule has 1 amide bonds. The van der Waals surface area contributed by atoms with E-state index in [9.17, 15) is 13.2 Å². The van der Waals surface area contributed by atoms with Crippen LogP contribution < -0.4 is 15.8 Å². The van der Waals surface area contributed by atoms with Crippen LogP contribution in [-0.4, -0.2) is 26.9 Å². The van der Waals surface area contributed by atoms with Gasteiger partial charge in [0, 0.05) is 26.1 Å². The van der Waals surface area contributed by atoms with Gasteiger partial charge in [0.05, 0.1) is 4.90 Å². The highest BCUT2D eigenvalue weighted by atomic mass is 32.2. The molecule has 1 unspecified atom stereocenters. The predicted octanol–water partition coefficient (Wildman–Crippen LogP) is 0.338. The van der Waals surface area contributed by atoms with Gasteiger partial charge in [-0.1, -0.05) is 12.1 Å². The van der Waals surface area contributed by atoms with Gasteiger partial charge in [0.2, 0.25) is 15.9 Å². The van der Waals surface area contributed by atoms with E-state index >= 15 is 0 Å². The first-order valence-electron chi connectivity index (χ1n) is 6.97. The fourth-order valence-corrected chi connectivity index (χ4v) is 3.07. The highest BCUT2D eigenvalue weighted by Crippen LogP contribution is 2.31. The number of hydrogen-bond donors (Lipinski definition) is 3. The summed E-state index contributed by atoms with van der Waals surface area (Å²) in [6.07, 6.45) is 2.17. The summed E-state index contributed by atoms with van der Waals surface area (Å²) in [5, 5.41) is 2.66. The van der Waals surface area contributed by atoms with Gasteiger partial charge >= 0.3 is 0 Å². The summed E-state index contributed by atoms with van der Waals surface area (Å²) >= 11 is 0. The average Bonchev–Trinajstić information content (AvgIpc) is 3.27. The smallest absolute Gasteiger partial charge is 0.240 e. The Morgan fingerprint density at radius 1 is 1.33 bits per heavy atom. The summed E-state index contributed by atoms with van der Waals surface area (Å²) in [7, 11) is -3.53. The van der Waals surface area contributed by atoms with Gasteiger partial charge in [-0.15, -0.1) is 0 Å². The van der Waals surface area contributed by atoms with Crippen molar-refractivity contribution in [1.29, 1.82) is 0 Å². The van der Waals surface area contributed by atoms with Crippen molar-refractivity contribution in [1.82, 2.24) is 10.0 Å². The zero-order valence-electron chi connectivity index (χ0n) is 12.0. The van der Waals surface area contributed by atoms with Crippen LogP contribution >= 0.6 is 0 Å². The third kappa shape index (κ3) is 4.80. The molecule has 116 valence electrons. The summed E-state index contributed by atoms with van der Waals surface area (Å²) < 4.78 is 26.8. The molecule has 0 spiro atoms. The summed E-state index contributed by atoms with van der Waals surface area (Å²) in [5.41, 5.74) is 6.74. The lowest BCUT2D eigenvalue weighted by Crippen LogP contribution is -2.38. The number of rotatable bonds is 7. The molecule has 7 heteroatoms. The molecule has 1 atom stereocenters. The van der Waals surface area contributed by atoms with Crippen molar-refractivity contribution in [3.05, 3.63) is 29.8 Å². The molecule has 4 N–H and O–H groups in total. The van der Waals surface area contributed by atoms with E-state index in [1.165, 1.54) is 19.1 Å². The first-order chi connectivity index (χ1) is 9.88. The number of nitrogens with one attached hydrogen (secondary N) is 2. The van der Waals surface area contributed by atoms with Crippen molar-refractivity contribution in [2.75, 3.05) is 6.54 Å². The fraction of sp³-hybridized carbons (Fsp3) is 0.500. The number of nitrogens with two attached hydrogens (primary N) is 1. The van der Waals surface area contributed by atoms with E-state index in [4.69, 9.17) is 5.73 Å². The molecular weight excluding hydrogens is 290 g/mol. The molecule has 0 radical (unpaired) electrons. The largest absolute Gasteiger partial charge is 0.352 e. The van der Waals surface area contributed by atoms with E-state index in [1.807, 2.05) is 0 Å². The first kappa shape index (κ1) is 15.9. The minimum atomic E-state index is -3.53. The van der Waals surface area contributed by atoms with E-state index in [1.54, 1.807) is 12.1 Å². The van der Waals surface area contributed by atoms with Gasteiger partial charge in [0.1, 0.15) is 0 Å². The second-order valence-electron chi connectivity index (χ2n) is 5.41. The molecule has 1 saturated carbocycles. The molecule has 0 bridgehead atoms. The standard InChI is InChI=1S/C14H21N3O3S/c1-10(18)16-8-11-2-6-13(7-3-11)21(19,20)17-9-14(15)12-4-5-12/h2-3,6-7,12,14,17H,4-5,8-9,15H2,1H3,(H,16,18). The Kier molecular flexibility index (Phi) is 4.97. The van der Waals surface area contributed by atoms with E-state index in [-0.39, 0.29) is 23.4 Å². The lowest BCUT2D eigenvalue weighted by atomic mass is 10.2. The van der Waals surface area contributed by atoms with Crippen molar-refractivity contribution < 1.29 is 13.2 Å². The Hall–Kier alpha value is -1.44. The maximum Gasteiger partial charge on any atom is 0.240 e. The normalized spacial score (nSPS) is 16.5. The zero-order chi connectivity index (χ0) is 15.5. The molecule has 0 heterocycles. The van der Waals surface area contributed by atoms with Gasteiger partial charge < -0.3 is 11.1 Å². The molecular formula is C14H21N3O3S. The Morgan fingerprint density at radius 2 is 1.95 bits per heavy atom. The maximum atomic E-state index is 12.1. The van der Waals surface area contributed by atoms with Crippen molar-refractivity contribution >= 4 is 15.9 Å². The molecule has 0 aromatic heterocycles. The average molecular weight is 311 g/mol. The van der Waals surface area contributed by atoms with E-state index < -0.39 is 10.0 Å². The van der Waals surface area contributed by atoms with E-state index in [2.05, 4.69) is 10.0 Å². The Balaban J connectivity index is 1.94. The topological polar surface area (TPSA) is 101 Å². The van der Waals surface area contributed by atoms with E-state index in [0.717, 1.165) is 18.4 Å². The molecule has 2 rings (SSSR count). The fourth-order valence-electron chi connectivity index (χ4n) is 1.99. The van der Waals surface area contributed by atoms with Gasteiger partial charge in [-0.3, -0.25) is 4.79 Å². The van der Waals surface area contributed by atoms with Crippen molar-refractivity contribution in [3.8, 4) is 0 Å². The maximum absolute atomic E-state index is 12.1. The second kappa shape index (κ2) is 6.55. The van der Waals surface area contributed by atoms with Crippen molar-refractivity contribution in [2.45, 2.75) is 37.2 Å². The van der Waals surface area contributed by atoms with Gasteiger partial charge in [-0.05, 0) is 36.5 Å². The summed E-state index contributed by atoms with van der Waals surface area (Å²) in [6.45, 7) is 2.09.